The molecule has 0 fully saturated rings. The van der Waals surface area contributed by atoms with Crippen molar-refractivity contribution in [2.45, 2.75) is 240 Å². The number of esters is 1. The molecule has 0 saturated carbocycles. The van der Waals surface area contributed by atoms with Crippen LogP contribution in [0, 0.1) is 11.8 Å². The molecule has 0 aromatic heterocycles. The van der Waals surface area contributed by atoms with Gasteiger partial charge in [0.15, 0.2) is 0 Å². The van der Waals surface area contributed by atoms with E-state index in [0.717, 1.165) is 64.6 Å². The minimum absolute atomic E-state index is 0.00162. The van der Waals surface area contributed by atoms with Crippen LogP contribution in [0.1, 0.15) is 228 Å². The SMILES string of the molecule is C=CN(/C=C\C)CC(C(C)C)N(CCCCCCCC(=O)OCC(CCCCCC)CCCCCCCC)CC(O)CCCCCCCCCCCC. The molecule has 0 saturated heterocycles. The Labute approximate surface area is 332 Å². The normalized spacial score (nSPS) is 13.6. The molecule has 314 valence electrons. The predicted molar refractivity (Wildman–Crippen MR) is 233 cm³/mol. The van der Waals surface area contributed by atoms with Crippen LogP contribution < -0.4 is 0 Å². The summed E-state index contributed by atoms with van der Waals surface area (Å²) in [6, 6.07) is 0.345. The third-order valence-electron chi connectivity index (χ3n) is 11.3. The highest BCUT2D eigenvalue weighted by Crippen LogP contribution is 2.21. The van der Waals surface area contributed by atoms with E-state index in [4.69, 9.17) is 4.74 Å². The number of carbonyl (C=O) groups excluding carboxylic acids is 1. The van der Waals surface area contributed by atoms with Crippen molar-refractivity contribution in [3.05, 3.63) is 25.1 Å². The highest BCUT2D eigenvalue weighted by Gasteiger charge is 2.25. The Morgan fingerprint density at radius 3 is 1.58 bits per heavy atom. The molecule has 0 aliphatic rings. The van der Waals surface area contributed by atoms with Gasteiger partial charge in [-0.2, -0.15) is 0 Å². The maximum atomic E-state index is 12.7. The summed E-state index contributed by atoms with van der Waals surface area (Å²) >= 11 is 0. The summed E-state index contributed by atoms with van der Waals surface area (Å²) in [5, 5.41) is 11.2. The number of aliphatic hydroxyl groups is 1. The molecule has 5 heteroatoms. The van der Waals surface area contributed by atoms with Gasteiger partial charge in [-0.15, -0.1) is 0 Å². The van der Waals surface area contributed by atoms with E-state index in [1.807, 2.05) is 6.20 Å². The Kier molecular flexibility index (Phi) is 37.9. The van der Waals surface area contributed by atoms with Crippen molar-refractivity contribution in [3.63, 3.8) is 0 Å². The Bertz CT molecular complexity index is 815. The van der Waals surface area contributed by atoms with E-state index in [1.54, 1.807) is 0 Å². The molecule has 3 unspecified atom stereocenters. The van der Waals surface area contributed by atoms with Crippen molar-refractivity contribution in [2.24, 2.45) is 11.8 Å². The maximum Gasteiger partial charge on any atom is 0.305 e. The monoisotopic (exact) mass is 747 g/mol. The van der Waals surface area contributed by atoms with Crippen molar-refractivity contribution in [1.82, 2.24) is 9.80 Å². The Balaban J connectivity index is 4.71. The molecule has 0 spiro atoms. The van der Waals surface area contributed by atoms with Gasteiger partial charge in [-0.1, -0.05) is 195 Å². The lowest BCUT2D eigenvalue weighted by Crippen LogP contribution is -2.48. The van der Waals surface area contributed by atoms with Crippen LogP contribution in [0.2, 0.25) is 0 Å². The number of rotatable bonds is 41. The standard InChI is InChI=1S/C48H94N2O3/c1-8-13-16-19-21-22-23-24-27-32-37-46(51)41-50(47(44(6)7)42-49(12-5)39-11-4)40-34-29-25-28-33-38-48(52)53-43-45(35-30-18-15-10-3)36-31-26-20-17-14-9-2/h11-12,39,44-47,51H,5,8-10,13-38,40-43H2,1-4,6-7H3/b39-11-. The minimum atomic E-state index is -0.281. The van der Waals surface area contributed by atoms with E-state index >= 15 is 0 Å². The van der Waals surface area contributed by atoms with Gasteiger partial charge in [-0.25, -0.2) is 0 Å². The summed E-state index contributed by atoms with van der Waals surface area (Å²) < 4.78 is 5.84. The van der Waals surface area contributed by atoms with Crippen LogP contribution in [-0.2, 0) is 9.53 Å². The van der Waals surface area contributed by atoms with Gasteiger partial charge in [-0.3, -0.25) is 9.69 Å². The van der Waals surface area contributed by atoms with Crippen LogP contribution >= 0.6 is 0 Å². The molecule has 1 N–H and O–H groups in total. The van der Waals surface area contributed by atoms with Crippen molar-refractivity contribution < 1.29 is 14.6 Å². The summed E-state index contributed by atoms with van der Waals surface area (Å²) in [6.45, 7) is 20.8. The number of nitrogens with zero attached hydrogens (tertiary/aromatic N) is 2. The summed E-state index contributed by atoms with van der Waals surface area (Å²) in [7, 11) is 0. The maximum absolute atomic E-state index is 12.7. The second-order valence-corrected chi connectivity index (χ2v) is 16.8. The smallest absolute Gasteiger partial charge is 0.305 e. The Morgan fingerprint density at radius 2 is 1.09 bits per heavy atom. The zero-order valence-electron chi connectivity index (χ0n) is 36.7. The fourth-order valence-corrected chi connectivity index (χ4v) is 7.76. The molecule has 0 aromatic rings. The number of hydrogen-bond donors (Lipinski definition) is 1. The molecule has 5 nitrogen and oxygen atoms in total. The first-order chi connectivity index (χ1) is 25.8. The first-order valence-electron chi connectivity index (χ1n) is 23.4. The molecular formula is C48H94N2O3. The summed E-state index contributed by atoms with van der Waals surface area (Å²) in [6.07, 6.45) is 41.4. The number of carbonyl (C=O) groups is 1. The largest absolute Gasteiger partial charge is 0.465 e. The fraction of sp³-hybridized carbons (Fsp3) is 0.896. The average molecular weight is 747 g/mol. The molecular weight excluding hydrogens is 653 g/mol. The Hall–Kier alpha value is -1.33. The van der Waals surface area contributed by atoms with E-state index in [9.17, 15) is 9.90 Å². The van der Waals surface area contributed by atoms with Crippen LogP contribution in [0.25, 0.3) is 0 Å². The van der Waals surface area contributed by atoms with E-state index < -0.39 is 0 Å². The van der Waals surface area contributed by atoms with Crippen molar-refractivity contribution in [1.29, 1.82) is 0 Å². The van der Waals surface area contributed by atoms with Gasteiger partial charge < -0.3 is 14.7 Å². The minimum Gasteiger partial charge on any atom is -0.465 e. The van der Waals surface area contributed by atoms with E-state index in [0.29, 0.717) is 30.9 Å². The molecule has 0 heterocycles. The zero-order valence-corrected chi connectivity index (χ0v) is 36.7. The van der Waals surface area contributed by atoms with Gasteiger partial charge in [0.1, 0.15) is 0 Å². The molecule has 0 aliphatic carbocycles. The zero-order chi connectivity index (χ0) is 39.2. The molecule has 0 amide bonds. The fourth-order valence-electron chi connectivity index (χ4n) is 7.76. The summed E-state index contributed by atoms with van der Waals surface area (Å²) in [4.78, 5) is 17.4. The highest BCUT2D eigenvalue weighted by atomic mass is 16.5. The molecule has 3 atom stereocenters. The summed E-state index contributed by atoms with van der Waals surface area (Å²) in [5.74, 6) is 1.01. The van der Waals surface area contributed by atoms with Crippen LogP contribution in [-0.4, -0.2) is 59.3 Å². The quantitative estimate of drug-likeness (QED) is 0.0499. The number of unbranched alkanes of at least 4 members (excludes halogenated alkanes) is 21. The van der Waals surface area contributed by atoms with Gasteiger partial charge in [0.05, 0.1) is 12.7 Å². The predicted octanol–water partition coefficient (Wildman–Crippen LogP) is 14.2. The number of allylic oxidation sites excluding steroid dienone is 1. The molecule has 0 rings (SSSR count). The molecule has 0 aliphatic heterocycles. The molecule has 0 bridgehead atoms. The van der Waals surface area contributed by atoms with Crippen LogP contribution in [0.4, 0.5) is 0 Å². The van der Waals surface area contributed by atoms with Gasteiger partial charge in [0.2, 0.25) is 0 Å². The van der Waals surface area contributed by atoms with Gasteiger partial charge in [0.25, 0.3) is 0 Å². The number of hydrogen-bond acceptors (Lipinski definition) is 5. The lowest BCUT2D eigenvalue weighted by Gasteiger charge is -2.38. The summed E-state index contributed by atoms with van der Waals surface area (Å²) in [5.41, 5.74) is 0. The number of ether oxygens (including phenoxy) is 1. The van der Waals surface area contributed by atoms with Crippen molar-refractivity contribution >= 4 is 5.97 Å². The van der Waals surface area contributed by atoms with E-state index in [1.165, 1.54) is 135 Å². The number of aliphatic hydroxyl groups excluding tert-OH is 1. The third kappa shape index (κ3) is 32.6. The first-order valence-corrected chi connectivity index (χ1v) is 23.4. The second kappa shape index (κ2) is 38.9. The van der Waals surface area contributed by atoms with E-state index in [2.05, 4.69) is 70.2 Å². The lowest BCUT2D eigenvalue weighted by atomic mass is 9.95. The topological polar surface area (TPSA) is 53.0 Å². The molecule has 0 radical (unpaired) electrons. The van der Waals surface area contributed by atoms with Crippen LogP contribution in [0.3, 0.4) is 0 Å². The lowest BCUT2D eigenvalue weighted by molar-refractivity contribution is -0.145. The third-order valence-corrected chi connectivity index (χ3v) is 11.3. The van der Waals surface area contributed by atoms with Gasteiger partial charge in [0, 0.05) is 25.6 Å². The van der Waals surface area contributed by atoms with Gasteiger partial charge in [-0.05, 0) is 69.8 Å². The van der Waals surface area contributed by atoms with E-state index in [-0.39, 0.29) is 12.1 Å². The molecule has 53 heavy (non-hydrogen) atoms. The second-order valence-electron chi connectivity index (χ2n) is 16.8. The van der Waals surface area contributed by atoms with Crippen LogP contribution in [0.5, 0.6) is 0 Å². The average Bonchev–Trinajstić information content (AvgIpc) is 3.14. The van der Waals surface area contributed by atoms with Crippen molar-refractivity contribution in [3.8, 4) is 0 Å². The Morgan fingerprint density at radius 1 is 0.642 bits per heavy atom. The van der Waals surface area contributed by atoms with Crippen molar-refractivity contribution in [2.75, 3.05) is 26.2 Å². The highest BCUT2D eigenvalue weighted by molar-refractivity contribution is 5.69. The molecule has 0 aromatic carbocycles. The van der Waals surface area contributed by atoms with Crippen LogP contribution in [0.15, 0.2) is 25.1 Å². The van der Waals surface area contributed by atoms with Gasteiger partial charge >= 0.3 is 5.97 Å². The first kappa shape index (κ1) is 51.7.